The Balaban J connectivity index is 1.52. The van der Waals surface area contributed by atoms with Crippen LogP contribution < -0.4 is 10.2 Å². The average Bonchev–Trinajstić information content (AvgIpc) is 3.35. The predicted octanol–water partition coefficient (Wildman–Crippen LogP) is 3.48. The van der Waals surface area contributed by atoms with Gasteiger partial charge in [-0.25, -0.2) is 4.39 Å². The molecule has 0 bridgehead atoms. The van der Waals surface area contributed by atoms with Crippen LogP contribution in [0.3, 0.4) is 0 Å². The number of hydrogen-bond donors (Lipinski definition) is 2. The maximum atomic E-state index is 13.2. The average molecular weight is 445 g/mol. The molecule has 0 aliphatic carbocycles. The monoisotopic (exact) mass is 444 g/mol. The first kappa shape index (κ1) is 22.3. The largest absolute Gasteiger partial charge is 0.363 e. The van der Waals surface area contributed by atoms with Gasteiger partial charge in [-0.2, -0.15) is 5.10 Å². The zero-order valence-electron chi connectivity index (χ0n) is 18.2. The molecule has 1 aliphatic rings. The van der Waals surface area contributed by atoms with Gasteiger partial charge in [0.25, 0.3) is 5.91 Å². The number of nitrogens with zero attached hydrogens (tertiary/aromatic N) is 2. The summed E-state index contributed by atoms with van der Waals surface area (Å²) in [5.41, 5.74) is 3.78. The number of amides is 1. The minimum atomic E-state index is -0.320. The molecule has 2 aromatic carbocycles. The molecule has 1 fully saturated rings. The number of halogens is 1. The molecule has 6 nitrogen and oxygen atoms in total. The number of ketones is 1. The number of anilines is 1. The summed E-state index contributed by atoms with van der Waals surface area (Å²) in [5, 5.41) is 9.65. The van der Waals surface area contributed by atoms with Gasteiger partial charge in [0.2, 0.25) is 0 Å². The first-order chi connectivity index (χ1) is 16.1. The Bertz CT molecular complexity index is 1180. The predicted molar refractivity (Wildman–Crippen MR) is 125 cm³/mol. The normalized spacial score (nSPS) is 13.4. The molecule has 1 aromatic heterocycles. The van der Waals surface area contributed by atoms with Crippen LogP contribution in [0.5, 0.6) is 0 Å². The van der Waals surface area contributed by atoms with Crippen LogP contribution in [-0.4, -0.2) is 41.5 Å². The molecule has 0 radical (unpaired) electrons. The standard InChI is InChI=1S/C26H25FN4O2/c27-23-10-6-19(7-11-23)5-8-21-15-22(9-12-25(21)31-14-2-4-24(32)18-31)26(33)28-13-1-3-20-16-29-30-17-20/h6-7,9-12,15-17H,1-4,13-14,18H2,(H,28,33)(H,29,30). The van der Waals surface area contributed by atoms with Gasteiger partial charge in [-0.1, -0.05) is 11.8 Å². The number of carbonyl (C=O) groups is 2. The van der Waals surface area contributed by atoms with Crippen LogP contribution in [0.2, 0.25) is 0 Å². The number of aryl methyl sites for hydroxylation is 1. The number of piperidine rings is 1. The van der Waals surface area contributed by atoms with Crippen LogP contribution in [0.15, 0.2) is 54.9 Å². The Kier molecular flexibility index (Phi) is 7.16. The quantitative estimate of drug-likeness (QED) is 0.451. The second-order valence-corrected chi connectivity index (χ2v) is 8.02. The molecular formula is C26H25FN4O2. The highest BCUT2D eigenvalue weighted by atomic mass is 19.1. The first-order valence-electron chi connectivity index (χ1n) is 11.0. The van der Waals surface area contributed by atoms with Crippen molar-refractivity contribution in [3.63, 3.8) is 0 Å². The molecule has 168 valence electrons. The summed E-state index contributed by atoms with van der Waals surface area (Å²) < 4.78 is 13.2. The lowest BCUT2D eigenvalue weighted by Gasteiger charge is -2.29. The van der Waals surface area contributed by atoms with Gasteiger partial charge in [-0.15, -0.1) is 0 Å². The minimum Gasteiger partial charge on any atom is -0.363 e. The van der Waals surface area contributed by atoms with Crippen LogP contribution in [-0.2, 0) is 11.2 Å². The van der Waals surface area contributed by atoms with Gasteiger partial charge in [0.05, 0.1) is 18.4 Å². The van der Waals surface area contributed by atoms with Gasteiger partial charge < -0.3 is 10.2 Å². The van der Waals surface area contributed by atoms with Gasteiger partial charge in [0, 0.05) is 42.4 Å². The first-order valence-corrected chi connectivity index (χ1v) is 11.0. The van der Waals surface area contributed by atoms with Gasteiger partial charge in [-0.3, -0.25) is 14.7 Å². The van der Waals surface area contributed by atoms with Gasteiger partial charge in [-0.05, 0) is 67.3 Å². The van der Waals surface area contributed by atoms with E-state index < -0.39 is 0 Å². The highest BCUT2D eigenvalue weighted by molar-refractivity contribution is 5.95. The zero-order chi connectivity index (χ0) is 23.0. The Hall–Kier alpha value is -3.92. The SMILES string of the molecule is O=C1CCCN(c2ccc(C(=O)NCCCc3cn[nH]c3)cc2C#Cc2ccc(F)cc2)C1. The summed E-state index contributed by atoms with van der Waals surface area (Å²) in [6.45, 7) is 1.64. The van der Waals surface area contributed by atoms with Crippen LogP contribution in [0.25, 0.3) is 0 Å². The molecule has 0 spiro atoms. The van der Waals surface area contributed by atoms with Crippen molar-refractivity contribution in [3.05, 3.63) is 82.9 Å². The van der Waals surface area contributed by atoms with Gasteiger partial charge in [0.1, 0.15) is 5.82 Å². The highest BCUT2D eigenvalue weighted by Crippen LogP contribution is 2.24. The van der Waals surface area contributed by atoms with E-state index in [1.54, 1.807) is 30.5 Å². The molecule has 33 heavy (non-hydrogen) atoms. The Morgan fingerprint density at radius 3 is 2.79 bits per heavy atom. The van der Waals surface area contributed by atoms with E-state index >= 15 is 0 Å². The summed E-state index contributed by atoms with van der Waals surface area (Å²) >= 11 is 0. The van der Waals surface area contributed by atoms with Crippen LogP contribution >= 0.6 is 0 Å². The fourth-order valence-corrected chi connectivity index (χ4v) is 3.78. The van der Waals surface area contributed by atoms with E-state index in [1.165, 1.54) is 12.1 Å². The third-order valence-electron chi connectivity index (χ3n) is 5.52. The van der Waals surface area contributed by atoms with Crippen LogP contribution in [0.1, 0.15) is 46.3 Å². The van der Waals surface area contributed by atoms with E-state index in [9.17, 15) is 14.0 Å². The van der Waals surface area contributed by atoms with Crippen LogP contribution in [0.4, 0.5) is 10.1 Å². The topological polar surface area (TPSA) is 78.1 Å². The Labute approximate surface area is 192 Å². The second-order valence-electron chi connectivity index (χ2n) is 8.02. The second kappa shape index (κ2) is 10.6. The van der Waals surface area contributed by atoms with E-state index in [1.807, 2.05) is 17.2 Å². The Morgan fingerprint density at radius 2 is 2.03 bits per heavy atom. The molecule has 0 atom stereocenters. The summed E-state index contributed by atoms with van der Waals surface area (Å²) in [7, 11) is 0. The molecule has 2 N–H and O–H groups in total. The van der Waals surface area contributed by atoms with Crippen molar-refractivity contribution in [1.82, 2.24) is 15.5 Å². The van der Waals surface area contributed by atoms with Crippen molar-refractivity contribution < 1.29 is 14.0 Å². The minimum absolute atomic E-state index is 0.173. The number of benzene rings is 2. The summed E-state index contributed by atoms with van der Waals surface area (Å²) in [5.74, 6) is 5.87. The van der Waals surface area contributed by atoms with E-state index in [0.717, 1.165) is 37.1 Å². The third kappa shape index (κ3) is 6.07. The molecule has 3 aromatic rings. The lowest BCUT2D eigenvalue weighted by atomic mass is 10.0. The molecule has 1 amide bonds. The lowest BCUT2D eigenvalue weighted by Crippen LogP contribution is -2.36. The molecule has 1 aliphatic heterocycles. The number of carbonyl (C=O) groups excluding carboxylic acids is 2. The fourth-order valence-electron chi connectivity index (χ4n) is 3.78. The number of H-pyrrole nitrogens is 1. The van der Waals surface area contributed by atoms with Gasteiger partial charge >= 0.3 is 0 Å². The highest BCUT2D eigenvalue weighted by Gasteiger charge is 2.20. The molecule has 0 saturated carbocycles. The third-order valence-corrected chi connectivity index (χ3v) is 5.52. The van der Waals surface area contributed by atoms with E-state index in [4.69, 9.17) is 0 Å². The molecule has 0 unspecified atom stereocenters. The molecule has 4 rings (SSSR count). The van der Waals surface area contributed by atoms with Crippen molar-refractivity contribution in [2.45, 2.75) is 25.7 Å². The van der Waals surface area contributed by atoms with Crippen molar-refractivity contribution in [2.75, 3.05) is 24.5 Å². The lowest BCUT2D eigenvalue weighted by molar-refractivity contribution is -0.118. The number of aromatic amines is 1. The van der Waals surface area contributed by atoms with Crippen molar-refractivity contribution in [2.24, 2.45) is 0 Å². The maximum Gasteiger partial charge on any atom is 0.251 e. The van der Waals surface area contributed by atoms with Crippen molar-refractivity contribution in [3.8, 4) is 11.8 Å². The fraction of sp³-hybridized carbons (Fsp3) is 0.269. The number of nitrogens with one attached hydrogen (secondary N) is 2. The smallest absolute Gasteiger partial charge is 0.251 e. The van der Waals surface area contributed by atoms with Crippen molar-refractivity contribution >= 4 is 17.4 Å². The zero-order valence-corrected chi connectivity index (χ0v) is 18.2. The van der Waals surface area contributed by atoms with Crippen LogP contribution in [0, 0.1) is 17.7 Å². The summed E-state index contributed by atoms with van der Waals surface area (Å²) in [4.78, 5) is 26.7. The van der Waals surface area contributed by atoms with Crippen molar-refractivity contribution in [1.29, 1.82) is 0 Å². The number of Topliss-reactive ketones (excluding diaryl/α,β-unsaturated/α-hetero) is 1. The molecular weight excluding hydrogens is 419 g/mol. The number of hydrogen-bond acceptors (Lipinski definition) is 4. The van der Waals surface area contributed by atoms with E-state index in [0.29, 0.717) is 36.2 Å². The molecule has 2 heterocycles. The summed E-state index contributed by atoms with van der Waals surface area (Å²) in [6.07, 6.45) is 6.63. The molecule has 1 saturated heterocycles. The Morgan fingerprint density at radius 1 is 1.18 bits per heavy atom. The maximum absolute atomic E-state index is 13.2. The van der Waals surface area contributed by atoms with E-state index in [-0.39, 0.29) is 17.5 Å². The number of aromatic nitrogens is 2. The van der Waals surface area contributed by atoms with E-state index in [2.05, 4.69) is 27.4 Å². The van der Waals surface area contributed by atoms with Gasteiger partial charge in [0.15, 0.2) is 5.78 Å². The molecule has 7 heteroatoms. The number of rotatable bonds is 6. The summed E-state index contributed by atoms with van der Waals surface area (Å²) in [6, 6.07) is 11.3.